The summed E-state index contributed by atoms with van der Waals surface area (Å²) in [5.41, 5.74) is 1.25. The first kappa shape index (κ1) is 9.58. The van der Waals surface area contributed by atoms with Gasteiger partial charge in [-0.15, -0.1) is 0 Å². The van der Waals surface area contributed by atoms with Crippen LogP contribution in [0.25, 0.3) is 0 Å². The zero-order valence-electron chi connectivity index (χ0n) is 7.79. The SMILES string of the molecule is CCC(=N)c1ccc(OC)c(O)c1. The molecule has 0 aliphatic rings. The van der Waals surface area contributed by atoms with E-state index in [1.165, 1.54) is 7.11 Å². The summed E-state index contributed by atoms with van der Waals surface area (Å²) < 4.78 is 4.89. The Labute approximate surface area is 77.5 Å². The molecular weight excluding hydrogens is 166 g/mol. The number of phenolic OH excluding ortho intramolecular Hbond substituents is 1. The van der Waals surface area contributed by atoms with E-state index in [2.05, 4.69) is 0 Å². The molecule has 70 valence electrons. The quantitative estimate of drug-likeness (QED) is 0.699. The molecule has 1 aromatic carbocycles. The van der Waals surface area contributed by atoms with Gasteiger partial charge in [0.25, 0.3) is 0 Å². The van der Waals surface area contributed by atoms with Crippen molar-refractivity contribution in [3.8, 4) is 11.5 Å². The van der Waals surface area contributed by atoms with Gasteiger partial charge < -0.3 is 15.3 Å². The van der Waals surface area contributed by atoms with Crippen molar-refractivity contribution in [2.45, 2.75) is 13.3 Å². The monoisotopic (exact) mass is 179 g/mol. The third-order valence-electron chi connectivity index (χ3n) is 1.88. The molecule has 0 aliphatic carbocycles. The lowest BCUT2D eigenvalue weighted by atomic mass is 10.1. The van der Waals surface area contributed by atoms with Crippen molar-refractivity contribution in [2.24, 2.45) is 0 Å². The van der Waals surface area contributed by atoms with Gasteiger partial charge in [-0.1, -0.05) is 6.92 Å². The molecule has 3 heteroatoms. The summed E-state index contributed by atoms with van der Waals surface area (Å²) in [7, 11) is 1.50. The molecule has 0 bridgehead atoms. The number of methoxy groups -OCH3 is 1. The van der Waals surface area contributed by atoms with Gasteiger partial charge in [-0.2, -0.15) is 0 Å². The lowest BCUT2D eigenvalue weighted by Gasteiger charge is -2.05. The topological polar surface area (TPSA) is 53.3 Å². The van der Waals surface area contributed by atoms with Crippen LogP contribution in [0, 0.1) is 5.41 Å². The molecule has 2 N–H and O–H groups in total. The van der Waals surface area contributed by atoms with E-state index in [1.54, 1.807) is 18.2 Å². The van der Waals surface area contributed by atoms with E-state index in [-0.39, 0.29) is 5.75 Å². The van der Waals surface area contributed by atoms with Crippen molar-refractivity contribution in [3.05, 3.63) is 23.8 Å². The fourth-order valence-electron chi connectivity index (χ4n) is 1.08. The molecule has 0 heterocycles. The zero-order valence-corrected chi connectivity index (χ0v) is 7.79. The third-order valence-corrected chi connectivity index (χ3v) is 1.88. The molecule has 0 atom stereocenters. The smallest absolute Gasteiger partial charge is 0.160 e. The molecule has 0 unspecified atom stereocenters. The van der Waals surface area contributed by atoms with Crippen LogP contribution in [0.4, 0.5) is 0 Å². The van der Waals surface area contributed by atoms with E-state index in [1.807, 2.05) is 6.92 Å². The van der Waals surface area contributed by atoms with Crippen molar-refractivity contribution in [1.29, 1.82) is 5.41 Å². The predicted octanol–water partition coefficient (Wildman–Crippen LogP) is 2.18. The minimum atomic E-state index is 0.0817. The van der Waals surface area contributed by atoms with Crippen LogP contribution in [0.3, 0.4) is 0 Å². The van der Waals surface area contributed by atoms with E-state index in [0.717, 1.165) is 5.56 Å². The summed E-state index contributed by atoms with van der Waals surface area (Å²) >= 11 is 0. The second-order valence-corrected chi connectivity index (χ2v) is 2.72. The maximum atomic E-state index is 9.41. The fourth-order valence-corrected chi connectivity index (χ4v) is 1.08. The molecule has 13 heavy (non-hydrogen) atoms. The van der Waals surface area contributed by atoms with Crippen LogP contribution >= 0.6 is 0 Å². The lowest BCUT2D eigenvalue weighted by Crippen LogP contribution is -1.96. The average Bonchev–Trinajstić information content (AvgIpc) is 2.16. The van der Waals surface area contributed by atoms with Crippen LogP contribution in [-0.4, -0.2) is 17.9 Å². The lowest BCUT2D eigenvalue weighted by molar-refractivity contribution is 0.373. The molecule has 0 fully saturated rings. The van der Waals surface area contributed by atoms with Crippen LogP contribution in [0.5, 0.6) is 11.5 Å². The van der Waals surface area contributed by atoms with Crippen LogP contribution in [0.2, 0.25) is 0 Å². The highest BCUT2D eigenvalue weighted by molar-refractivity contribution is 5.98. The van der Waals surface area contributed by atoms with Crippen LogP contribution < -0.4 is 4.74 Å². The molecule has 0 amide bonds. The van der Waals surface area contributed by atoms with E-state index in [9.17, 15) is 5.11 Å². The minimum Gasteiger partial charge on any atom is -0.504 e. The van der Waals surface area contributed by atoms with Crippen LogP contribution in [0.15, 0.2) is 18.2 Å². The molecule has 1 rings (SSSR count). The number of nitrogens with one attached hydrogen (secondary N) is 1. The maximum absolute atomic E-state index is 9.41. The first-order chi connectivity index (χ1) is 6.19. The second-order valence-electron chi connectivity index (χ2n) is 2.72. The zero-order chi connectivity index (χ0) is 9.84. The average molecular weight is 179 g/mol. The Bertz CT molecular complexity index is 321. The molecule has 1 aromatic rings. The van der Waals surface area contributed by atoms with E-state index < -0.39 is 0 Å². The van der Waals surface area contributed by atoms with Gasteiger partial charge in [0.2, 0.25) is 0 Å². The van der Waals surface area contributed by atoms with Crippen molar-refractivity contribution in [3.63, 3.8) is 0 Å². The molecule has 0 aromatic heterocycles. The van der Waals surface area contributed by atoms with Crippen LogP contribution in [-0.2, 0) is 0 Å². The van der Waals surface area contributed by atoms with E-state index in [4.69, 9.17) is 10.1 Å². The fraction of sp³-hybridized carbons (Fsp3) is 0.300. The van der Waals surface area contributed by atoms with Crippen molar-refractivity contribution < 1.29 is 9.84 Å². The van der Waals surface area contributed by atoms with Crippen molar-refractivity contribution in [1.82, 2.24) is 0 Å². The number of phenols is 1. The van der Waals surface area contributed by atoms with Crippen molar-refractivity contribution >= 4 is 5.71 Å². The Morgan fingerprint density at radius 1 is 1.54 bits per heavy atom. The largest absolute Gasteiger partial charge is 0.504 e. The normalized spacial score (nSPS) is 9.69. The number of hydrogen-bond donors (Lipinski definition) is 2. The number of rotatable bonds is 3. The Morgan fingerprint density at radius 3 is 2.69 bits per heavy atom. The maximum Gasteiger partial charge on any atom is 0.160 e. The summed E-state index contributed by atoms with van der Waals surface area (Å²) in [6, 6.07) is 4.98. The Balaban J connectivity index is 3.02. The number of ether oxygens (including phenoxy) is 1. The Kier molecular flexibility index (Phi) is 2.90. The first-order valence-electron chi connectivity index (χ1n) is 4.13. The number of hydrogen-bond acceptors (Lipinski definition) is 3. The van der Waals surface area contributed by atoms with Gasteiger partial charge in [-0.3, -0.25) is 0 Å². The third kappa shape index (κ3) is 1.99. The summed E-state index contributed by atoms with van der Waals surface area (Å²) in [6.07, 6.45) is 0.659. The Hall–Kier alpha value is -1.51. The molecule has 0 spiro atoms. The van der Waals surface area contributed by atoms with Gasteiger partial charge in [0.1, 0.15) is 0 Å². The second kappa shape index (κ2) is 3.94. The standard InChI is InChI=1S/C10H13NO2/c1-3-8(11)7-4-5-10(13-2)9(12)6-7/h4-6,11-12H,3H2,1-2H3. The number of aromatic hydroxyl groups is 1. The summed E-state index contributed by atoms with van der Waals surface area (Å²) in [6.45, 7) is 1.91. The highest BCUT2D eigenvalue weighted by Gasteiger charge is 2.04. The molecule has 0 saturated carbocycles. The van der Waals surface area contributed by atoms with Crippen LogP contribution in [0.1, 0.15) is 18.9 Å². The molecule has 3 nitrogen and oxygen atoms in total. The highest BCUT2D eigenvalue weighted by atomic mass is 16.5. The van der Waals surface area contributed by atoms with Gasteiger partial charge >= 0.3 is 0 Å². The first-order valence-corrected chi connectivity index (χ1v) is 4.13. The van der Waals surface area contributed by atoms with Gasteiger partial charge in [0.15, 0.2) is 11.5 Å². The van der Waals surface area contributed by atoms with Crippen molar-refractivity contribution in [2.75, 3.05) is 7.11 Å². The summed E-state index contributed by atoms with van der Waals surface area (Å²) in [5.74, 6) is 0.519. The van der Waals surface area contributed by atoms with Gasteiger partial charge in [-0.25, -0.2) is 0 Å². The molecular formula is C10H13NO2. The van der Waals surface area contributed by atoms with Gasteiger partial charge in [-0.05, 0) is 30.2 Å². The Morgan fingerprint density at radius 2 is 2.23 bits per heavy atom. The molecule has 0 aliphatic heterocycles. The van der Waals surface area contributed by atoms with E-state index >= 15 is 0 Å². The predicted molar refractivity (Wildman–Crippen MR) is 51.8 cm³/mol. The summed E-state index contributed by atoms with van der Waals surface area (Å²) in [5, 5.41) is 17.0. The van der Waals surface area contributed by atoms with Gasteiger partial charge in [0, 0.05) is 5.71 Å². The molecule has 0 saturated heterocycles. The van der Waals surface area contributed by atoms with Gasteiger partial charge in [0.05, 0.1) is 7.11 Å². The molecule has 0 radical (unpaired) electrons. The highest BCUT2D eigenvalue weighted by Crippen LogP contribution is 2.26. The minimum absolute atomic E-state index is 0.0817. The van der Waals surface area contributed by atoms with E-state index in [0.29, 0.717) is 17.9 Å². The summed E-state index contributed by atoms with van der Waals surface area (Å²) in [4.78, 5) is 0. The number of benzene rings is 1.